The van der Waals surface area contributed by atoms with E-state index in [9.17, 15) is 9.90 Å². The zero-order chi connectivity index (χ0) is 20.8. The number of anilines is 1. The van der Waals surface area contributed by atoms with Gasteiger partial charge in [-0.05, 0) is 67.2 Å². The van der Waals surface area contributed by atoms with E-state index >= 15 is 0 Å². The number of imidazole rings is 1. The van der Waals surface area contributed by atoms with Crippen molar-refractivity contribution in [3.8, 4) is 11.3 Å². The lowest BCUT2D eigenvalue weighted by Gasteiger charge is -2.18. The van der Waals surface area contributed by atoms with Crippen molar-refractivity contribution in [1.82, 2.24) is 19.7 Å². The third-order valence-corrected chi connectivity index (χ3v) is 5.21. The molecule has 3 N–H and O–H groups in total. The smallest absolute Gasteiger partial charge is 0.251 e. The van der Waals surface area contributed by atoms with Gasteiger partial charge in [0.2, 0.25) is 0 Å². The summed E-state index contributed by atoms with van der Waals surface area (Å²) in [6.45, 7) is 5.76. The molecular formula is C21H24BrN5O2. The lowest BCUT2D eigenvalue weighted by molar-refractivity contribution is 0.0939. The maximum absolute atomic E-state index is 12.4. The fraction of sp³-hybridized carbons (Fsp3) is 0.381. The van der Waals surface area contributed by atoms with Crippen LogP contribution in [-0.2, 0) is 0 Å². The van der Waals surface area contributed by atoms with Crippen molar-refractivity contribution in [3.63, 3.8) is 0 Å². The molecule has 0 atom stereocenters. The minimum Gasteiger partial charge on any atom is -0.389 e. The van der Waals surface area contributed by atoms with E-state index in [0.29, 0.717) is 34.2 Å². The summed E-state index contributed by atoms with van der Waals surface area (Å²) >= 11 is 3.45. The van der Waals surface area contributed by atoms with Gasteiger partial charge in [-0.2, -0.15) is 0 Å². The molecule has 1 aromatic carbocycles. The Bertz CT molecular complexity index is 1080. The first-order chi connectivity index (χ1) is 13.7. The van der Waals surface area contributed by atoms with Crippen molar-refractivity contribution in [3.05, 3.63) is 46.3 Å². The molecule has 8 heteroatoms. The highest BCUT2D eigenvalue weighted by molar-refractivity contribution is 9.10. The Hall–Kier alpha value is -2.45. The summed E-state index contributed by atoms with van der Waals surface area (Å²) in [5.41, 5.74) is 3.27. The molecule has 1 aliphatic rings. The van der Waals surface area contributed by atoms with Crippen molar-refractivity contribution in [2.24, 2.45) is 0 Å². The fourth-order valence-electron chi connectivity index (χ4n) is 3.16. The van der Waals surface area contributed by atoms with Crippen molar-refractivity contribution in [2.75, 3.05) is 11.9 Å². The summed E-state index contributed by atoms with van der Waals surface area (Å²) < 4.78 is 2.60. The normalized spacial score (nSPS) is 14.2. The number of carbonyl (C=O) groups excluding carboxylic acids is 1. The molecule has 0 saturated heterocycles. The number of amides is 1. The number of nitrogens with one attached hydrogen (secondary N) is 2. The van der Waals surface area contributed by atoms with E-state index in [-0.39, 0.29) is 5.91 Å². The zero-order valence-corrected chi connectivity index (χ0v) is 18.2. The van der Waals surface area contributed by atoms with E-state index in [1.54, 1.807) is 20.0 Å². The van der Waals surface area contributed by atoms with E-state index in [4.69, 9.17) is 0 Å². The van der Waals surface area contributed by atoms with Crippen molar-refractivity contribution < 1.29 is 9.90 Å². The van der Waals surface area contributed by atoms with Gasteiger partial charge in [-0.25, -0.2) is 9.97 Å². The molecule has 152 valence electrons. The Balaban J connectivity index is 1.68. The number of hydrogen-bond acceptors (Lipinski definition) is 5. The molecule has 1 fully saturated rings. The molecule has 2 heterocycles. The summed E-state index contributed by atoms with van der Waals surface area (Å²) in [4.78, 5) is 21.4. The minimum atomic E-state index is -0.871. The highest BCUT2D eigenvalue weighted by atomic mass is 79.9. The second-order valence-electron chi connectivity index (χ2n) is 8.19. The van der Waals surface area contributed by atoms with Crippen molar-refractivity contribution >= 4 is 33.3 Å². The highest BCUT2D eigenvalue weighted by Crippen LogP contribution is 2.28. The molecule has 0 bridgehead atoms. The Morgan fingerprint density at radius 1 is 1.38 bits per heavy atom. The van der Waals surface area contributed by atoms with Crippen LogP contribution in [0.1, 0.15) is 42.6 Å². The number of carbonyl (C=O) groups is 1. The molecule has 29 heavy (non-hydrogen) atoms. The van der Waals surface area contributed by atoms with Crippen LogP contribution in [0, 0.1) is 6.92 Å². The van der Waals surface area contributed by atoms with E-state index in [0.717, 1.165) is 29.7 Å². The van der Waals surface area contributed by atoms with Gasteiger partial charge in [-0.1, -0.05) is 6.07 Å². The number of nitrogens with zero attached hydrogens (tertiary/aromatic N) is 3. The van der Waals surface area contributed by atoms with E-state index in [1.165, 1.54) is 0 Å². The molecule has 0 radical (unpaired) electrons. The first-order valence-electron chi connectivity index (χ1n) is 9.63. The Morgan fingerprint density at radius 2 is 2.14 bits per heavy atom. The number of aliphatic hydroxyl groups is 1. The van der Waals surface area contributed by atoms with Gasteiger partial charge in [0.05, 0.1) is 17.5 Å². The molecule has 1 aliphatic carbocycles. The number of benzene rings is 1. The predicted molar refractivity (Wildman–Crippen MR) is 116 cm³/mol. The summed E-state index contributed by atoms with van der Waals surface area (Å²) in [6.07, 6.45) is 5.78. The van der Waals surface area contributed by atoms with Gasteiger partial charge in [0.25, 0.3) is 5.91 Å². The summed E-state index contributed by atoms with van der Waals surface area (Å²) in [5, 5.41) is 16.2. The van der Waals surface area contributed by atoms with E-state index in [1.807, 2.05) is 35.7 Å². The summed E-state index contributed by atoms with van der Waals surface area (Å²) in [6, 6.07) is 6.14. The first-order valence-corrected chi connectivity index (χ1v) is 10.4. The van der Waals surface area contributed by atoms with Crippen LogP contribution in [0.4, 0.5) is 5.82 Å². The Morgan fingerprint density at radius 3 is 2.79 bits per heavy atom. The van der Waals surface area contributed by atoms with Gasteiger partial charge in [-0.15, -0.1) is 0 Å². The van der Waals surface area contributed by atoms with Gasteiger partial charge in [0, 0.05) is 29.9 Å². The van der Waals surface area contributed by atoms with Gasteiger partial charge in [-0.3, -0.25) is 9.20 Å². The van der Waals surface area contributed by atoms with Gasteiger partial charge >= 0.3 is 0 Å². The first kappa shape index (κ1) is 19.8. The molecular weight excluding hydrogens is 434 g/mol. The third-order valence-electron chi connectivity index (χ3n) is 4.83. The molecule has 0 aliphatic heterocycles. The lowest BCUT2D eigenvalue weighted by Crippen LogP contribution is -2.29. The standard InChI is InChI=1S/C21H24BrN5O2/c1-12-8-13(4-7-15(12)20(28)25-14-5-6-14)16-9-23-19-18(24-11-21(2,3)29)26-17(22)10-27(16)19/h4,7-10,14,29H,5-6,11H2,1-3H3,(H,24,26)(H,25,28). The molecule has 1 amide bonds. The average Bonchev–Trinajstić information content (AvgIpc) is 3.35. The number of rotatable bonds is 6. The quantitative estimate of drug-likeness (QED) is 0.526. The Kier molecular flexibility index (Phi) is 5.08. The second kappa shape index (κ2) is 7.42. The minimum absolute atomic E-state index is 0.0141. The maximum Gasteiger partial charge on any atom is 0.251 e. The number of aryl methyl sites for hydroxylation is 1. The lowest BCUT2D eigenvalue weighted by atomic mass is 10.0. The highest BCUT2D eigenvalue weighted by Gasteiger charge is 2.24. The molecule has 0 spiro atoms. The van der Waals surface area contributed by atoms with E-state index < -0.39 is 5.60 Å². The molecule has 0 unspecified atom stereocenters. The molecule has 1 saturated carbocycles. The predicted octanol–water partition coefficient (Wildman–Crippen LogP) is 3.54. The molecule has 3 aromatic rings. The second-order valence-corrected chi connectivity index (χ2v) is 9.01. The van der Waals surface area contributed by atoms with Crippen LogP contribution in [0.15, 0.2) is 35.2 Å². The monoisotopic (exact) mass is 457 g/mol. The Labute approximate surface area is 177 Å². The SMILES string of the molecule is Cc1cc(-c2cnc3c(NCC(C)(C)O)nc(Br)cn23)ccc1C(=O)NC1CC1. The van der Waals surface area contributed by atoms with Gasteiger partial charge < -0.3 is 15.7 Å². The average molecular weight is 458 g/mol. The number of aromatic nitrogens is 3. The number of fused-ring (bicyclic) bond motifs is 1. The van der Waals surface area contributed by atoms with Crippen LogP contribution >= 0.6 is 15.9 Å². The van der Waals surface area contributed by atoms with Crippen molar-refractivity contribution in [2.45, 2.75) is 45.3 Å². The van der Waals surface area contributed by atoms with Gasteiger partial charge in [0.15, 0.2) is 11.5 Å². The topological polar surface area (TPSA) is 91.6 Å². The summed E-state index contributed by atoms with van der Waals surface area (Å²) in [7, 11) is 0. The maximum atomic E-state index is 12.4. The largest absolute Gasteiger partial charge is 0.389 e. The molecule has 7 nitrogen and oxygen atoms in total. The van der Waals surface area contributed by atoms with Crippen LogP contribution in [0.25, 0.3) is 16.9 Å². The van der Waals surface area contributed by atoms with Crippen LogP contribution < -0.4 is 10.6 Å². The molecule has 4 rings (SSSR count). The van der Waals surface area contributed by atoms with Crippen LogP contribution in [0.2, 0.25) is 0 Å². The number of halogens is 1. The summed E-state index contributed by atoms with van der Waals surface area (Å²) in [5.74, 6) is 0.574. The zero-order valence-electron chi connectivity index (χ0n) is 16.7. The van der Waals surface area contributed by atoms with Crippen LogP contribution in [0.5, 0.6) is 0 Å². The van der Waals surface area contributed by atoms with Gasteiger partial charge in [0.1, 0.15) is 4.60 Å². The van der Waals surface area contributed by atoms with Crippen LogP contribution in [0.3, 0.4) is 0 Å². The fourth-order valence-corrected chi connectivity index (χ4v) is 3.54. The van der Waals surface area contributed by atoms with Crippen molar-refractivity contribution in [1.29, 1.82) is 0 Å². The number of hydrogen-bond donors (Lipinski definition) is 3. The third kappa shape index (κ3) is 4.43. The van der Waals surface area contributed by atoms with Crippen LogP contribution in [-0.4, -0.2) is 43.6 Å². The van der Waals surface area contributed by atoms with E-state index in [2.05, 4.69) is 36.5 Å². The molecule has 2 aromatic heterocycles.